The van der Waals surface area contributed by atoms with E-state index >= 15 is 0 Å². The summed E-state index contributed by atoms with van der Waals surface area (Å²) >= 11 is 0. The summed E-state index contributed by atoms with van der Waals surface area (Å²) in [5.41, 5.74) is 3.09. The molecule has 6 rings (SSSR count). The summed E-state index contributed by atoms with van der Waals surface area (Å²) in [5, 5.41) is 2.58. The molecule has 0 aliphatic carbocycles. The summed E-state index contributed by atoms with van der Waals surface area (Å²) in [6, 6.07) is 26.7. The normalized spacial score (nSPS) is 10.5. The molecule has 0 saturated carbocycles. The summed E-state index contributed by atoms with van der Waals surface area (Å²) in [6.45, 7) is 10.3. The van der Waals surface area contributed by atoms with Gasteiger partial charge in [-0.25, -0.2) is 0 Å². The molecule has 0 fully saturated rings. The molecule has 0 aliphatic heterocycles. The van der Waals surface area contributed by atoms with Crippen molar-refractivity contribution in [2.45, 2.75) is 34.1 Å². The van der Waals surface area contributed by atoms with Gasteiger partial charge < -0.3 is 32.8 Å². The minimum atomic E-state index is -0.212. The molecule has 0 N–H and O–H groups in total. The van der Waals surface area contributed by atoms with Gasteiger partial charge in [0.25, 0.3) is 0 Å². The Labute approximate surface area is 304 Å². The van der Waals surface area contributed by atoms with E-state index in [4.69, 9.17) is 32.8 Å². The monoisotopic (exact) mass is 713 g/mol. The molecular formula is C41H44ClNO8. The van der Waals surface area contributed by atoms with Crippen LogP contribution in [0, 0.1) is 0 Å². The van der Waals surface area contributed by atoms with E-state index in [1.807, 2.05) is 94.6 Å². The van der Waals surface area contributed by atoms with Crippen molar-refractivity contribution in [2.75, 3.05) is 40.6 Å². The smallest absolute Gasteiger partial charge is 0.235 e. The first kappa shape index (κ1) is 38.4. The molecular weight excluding hydrogens is 670 g/mol. The second kappa shape index (κ2) is 18.5. The molecule has 9 nitrogen and oxygen atoms in total. The second-order valence-corrected chi connectivity index (χ2v) is 11.0. The summed E-state index contributed by atoms with van der Waals surface area (Å²) in [5.74, 6) is 4.16. The molecule has 0 aliphatic rings. The zero-order chi connectivity index (χ0) is 35.5. The molecule has 0 spiro atoms. The Hall–Kier alpha value is -5.41. The topological polar surface area (TPSA) is 98.5 Å². The Morgan fingerprint density at radius 1 is 0.627 bits per heavy atom. The van der Waals surface area contributed by atoms with Gasteiger partial charge in [0.1, 0.15) is 0 Å². The van der Waals surface area contributed by atoms with Crippen LogP contribution in [0.5, 0.6) is 34.5 Å². The van der Waals surface area contributed by atoms with Crippen molar-refractivity contribution in [3.8, 4) is 45.8 Å². The fourth-order valence-corrected chi connectivity index (χ4v) is 5.62. The van der Waals surface area contributed by atoms with E-state index in [1.54, 1.807) is 25.3 Å². The average Bonchev–Trinajstić information content (AvgIpc) is 3.14. The predicted molar refractivity (Wildman–Crippen MR) is 204 cm³/mol. The summed E-state index contributed by atoms with van der Waals surface area (Å²) in [4.78, 5) is 17.2. The van der Waals surface area contributed by atoms with E-state index in [9.17, 15) is 4.79 Å². The van der Waals surface area contributed by atoms with Gasteiger partial charge in [0.15, 0.2) is 40.1 Å². The van der Waals surface area contributed by atoms with Crippen molar-refractivity contribution in [3.05, 3.63) is 113 Å². The lowest BCUT2D eigenvalue weighted by molar-refractivity contribution is 0.287. The molecule has 2 aromatic heterocycles. The number of para-hydroxylation sites is 1. The molecule has 2 heterocycles. The van der Waals surface area contributed by atoms with Gasteiger partial charge in [0.2, 0.25) is 11.2 Å². The third kappa shape index (κ3) is 8.85. The summed E-state index contributed by atoms with van der Waals surface area (Å²) in [6.07, 6.45) is 2.52. The highest BCUT2D eigenvalue weighted by atomic mass is 35.5. The van der Waals surface area contributed by atoms with Crippen LogP contribution in [-0.4, -0.2) is 45.6 Å². The van der Waals surface area contributed by atoms with Gasteiger partial charge in [-0.1, -0.05) is 42.5 Å². The van der Waals surface area contributed by atoms with Crippen LogP contribution in [0.4, 0.5) is 0 Å². The van der Waals surface area contributed by atoms with Gasteiger partial charge in [0, 0.05) is 23.6 Å². The first-order chi connectivity index (χ1) is 24.5. The number of benzene rings is 4. The van der Waals surface area contributed by atoms with Crippen LogP contribution in [0.25, 0.3) is 33.1 Å². The van der Waals surface area contributed by atoms with Gasteiger partial charge >= 0.3 is 0 Å². The van der Waals surface area contributed by atoms with Gasteiger partial charge in [-0.3, -0.25) is 9.78 Å². The molecule has 51 heavy (non-hydrogen) atoms. The lowest BCUT2D eigenvalue weighted by atomic mass is 10.0. The molecule has 0 bridgehead atoms. The molecule has 0 amide bonds. The van der Waals surface area contributed by atoms with Crippen LogP contribution in [0.2, 0.25) is 0 Å². The number of pyridine rings is 1. The average molecular weight is 714 g/mol. The molecule has 0 radical (unpaired) electrons. The summed E-state index contributed by atoms with van der Waals surface area (Å²) in [7, 11) is 3.01. The van der Waals surface area contributed by atoms with Gasteiger partial charge in [0.05, 0.1) is 51.7 Å². The number of hydrogen-bond acceptors (Lipinski definition) is 9. The van der Waals surface area contributed by atoms with Crippen LogP contribution in [-0.2, 0) is 6.42 Å². The fraction of sp³-hybridized carbons (Fsp3) is 0.268. The maximum atomic E-state index is 12.6. The van der Waals surface area contributed by atoms with Crippen molar-refractivity contribution >= 4 is 34.1 Å². The Balaban J connectivity index is 0.000000235. The zero-order valence-electron chi connectivity index (χ0n) is 29.8. The third-order valence-electron chi connectivity index (χ3n) is 7.79. The highest BCUT2D eigenvalue weighted by Crippen LogP contribution is 2.36. The fourth-order valence-electron chi connectivity index (χ4n) is 5.62. The number of fused-ring (bicyclic) bond motifs is 2. The van der Waals surface area contributed by atoms with Crippen LogP contribution in [0.1, 0.15) is 39.0 Å². The first-order valence-corrected chi connectivity index (χ1v) is 16.7. The van der Waals surface area contributed by atoms with E-state index in [-0.39, 0.29) is 23.6 Å². The van der Waals surface area contributed by atoms with Gasteiger partial charge in [-0.15, -0.1) is 12.4 Å². The van der Waals surface area contributed by atoms with Crippen LogP contribution in [0.3, 0.4) is 0 Å². The number of rotatable bonds is 13. The lowest BCUT2D eigenvalue weighted by Crippen LogP contribution is -2.08. The second-order valence-electron chi connectivity index (χ2n) is 11.0. The maximum Gasteiger partial charge on any atom is 0.235 e. The number of methoxy groups -OCH3 is 2. The number of ether oxygens (including phenoxy) is 6. The maximum absolute atomic E-state index is 12.6. The number of hydrogen-bond donors (Lipinski definition) is 0. The molecule has 4 aromatic carbocycles. The Bertz CT molecular complexity index is 2100. The lowest BCUT2D eigenvalue weighted by Gasteiger charge is -2.15. The Kier molecular flexibility index (Phi) is 14.0. The Morgan fingerprint density at radius 3 is 1.92 bits per heavy atom. The molecule has 6 aromatic rings. The standard InChI is InChI=1S/C24H29NO4.C17H14O4.ClH/c1-5-26-21-10-9-17(14-22(21)27-6-2)13-20-19-16-24(29-8-4)23(28-7-3)15-18(19)11-12-25-20;1-19-13-10-6-9-12-14(18)17(20-2)15(21-16(12)13)11-7-4-3-5-8-11;/h9-12,14-16H,5-8,13H2,1-4H3;3-10H,1-2H3;1H. The van der Waals surface area contributed by atoms with Crippen molar-refractivity contribution in [1.29, 1.82) is 0 Å². The van der Waals surface area contributed by atoms with Gasteiger partial charge in [-0.05, 0) is 81.1 Å². The highest BCUT2D eigenvalue weighted by molar-refractivity contribution is 5.88. The van der Waals surface area contributed by atoms with Gasteiger partial charge in [-0.2, -0.15) is 0 Å². The van der Waals surface area contributed by atoms with E-state index in [1.165, 1.54) is 7.11 Å². The Morgan fingerprint density at radius 2 is 1.27 bits per heavy atom. The minimum absolute atomic E-state index is 0. The number of nitrogens with zero attached hydrogens (tertiary/aromatic N) is 1. The number of halogens is 1. The largest absolute Gasteiger partial charge is 0.493 e. The predicted octanol–water partition coefficient (Wildman–Crippen LogP) is 9.32. The van der Waals surface area contributed by atoms with E-state index in [0.29, 0.717) is 55.3 Å². The molecule has 268 valence electrons. The van der Waals surface area contributed by atoms with Crippen molar-refractivity contribution in [1.82, 2.24) is 4.98 Å². The number of aromatic nitrogens is 1. The van der Waals surface area contributed by atoms with E-state index in [0.717, 1.165) is 50.6 Å². The van der Waals surface area contributed by atoms with Crippen molar-refractivity contribution < 1.29 is 32.8 Å². The SMILES string of the molecule is CCOc1ccc(Cc2nccc3cc(OCC)c(OCC)cc23)cc1OCC.COc1c(-c2ccccc2)oc2c(OC)cccc2c1=O.Cl. The third-order valence-corrected chi connectivity index (χ3v) is 7.79. The van der Waals surface area contributed by atoms with E-state index in [2.05, 4.69) is 11.1 Å². The minimum Gasteiger partial charge on any atom is -0.493 e. The zero-order valence-corrected chi connectivity index (χ0v) is 30.6. The molecule has 0 saturated heterocycles. The van der Waals surface area contributed by atoms with E-state index < -0.39 is 0 Å². The molecule has 10 heteroatoms. The highest BCUT2D eigenvalue weighted by Gasteiger charge is 2.19. The van der Waals surface area contributed by atoms with Crippen LogP contribution in [0.15, 0.2) is 100 Å². The molecule has 0 atom stereocenters. The first-order valence-electron chi connectivity index (χ1n) is 16.7. The summed E-state index contributed by atoms with van der Waals surface area (Å²) < 4.78 is 39.5. The quantitative estimate of drug-likeness (QED) is 0.116. The van der Waals surface area contributed by atoms with Crippen LogP contribution < -0.4 is 33.8 Å². The van der Waals surface area contributed by atoms with Crippen LogP contribution >= 0.6 is 12.4 Å². The van der Waals surface area contributed by atoms with Crippen molar-refractivity contribution in [3.63, 3.8) is 0 Å². The molecule has 0 unspecified atom stereocenters. The van der Waals surface area contributed by atoms with Crippen molar-refractivity contribution in [2.24, 2.45) is 0 Å².